The van der Waals surface area contributed by atoms with Crippen molar-refractivity contribution in [1.29, 1.82) is 0 Å². The van der Waals surface area contributed by atoms with Crippen LogP contribution >= 0.6 is 0 Å². The number of rotatable bonds is 6. The van der Waals surface area contributed by atoms with Crippen LogP contribution in [0, 0.1) is 0 Å². The van der Waals surface area contributed by atoms with E-state index in [1.165, 1.54) is 0 Å². The lowest BCUT2D eigenvalue weighted by Gasteiger charge is -2.12. The molecule has 0 radical (unpaired) electrons. The van der Waals surface area contributed by atoms with Gasteiger partial charge >= 0.3 is 5.97 Å². The van der Waals surface area contributed by atoms with Gasteiger partial charge in [0.1, 0.15) is 0 Å². The number of carboxylic acids is 1. The topological polar surface area (TPSA) is 95.5 Å². The van der Waals surface area contributed by atoms with Gasteiger partial charge in [0, 0.05) is 12.5 Å². The molecule has 6 nitrogen and oxygen atoms in total. The van der Waals surface area contributed by atoms with Crippen molar-refractivity contribution >= 4 is 23.5 Å². The summed E-state index contributed by atoms with van der Waals surface area (Å²) in [6, 6.07) is 6.58. The first-order chi connectivity index (χ1) is 9.40. The summed E-state index contributed by atoms with van der Waals surface area (Å²) >= 11 is 0. The molecule has 0 aliphatic heterocycles. The maximum atomic E-state index is 12.0. The highest BCUT2D eigenvalue weighted by Crippen LogP contribution is 2.15. The van der Waals surface area contributed by atoms with Crippen LogP contribution in [0.25, 0.3) is 0 Å². The molecule has 1 rings (SSSR count). The van der Waals surface area contributed by atoms with E-state index in [9.17, 15) is 14.4 Å². The number of carbonyl (C=O) groups is 3. The fraction of sp³-hybridized carbons (Fsp3) is 0.357. The van der Waals surface area contributed by atoms with E-state index >= 15 is 0 Å². The molecule has 0 aromatic heterocycles. The molecule has 0 fully saturated rings. The molecule has 0 unspecified atom stereocenters. The van der Waals surface area contributed by atoms with Gasteiger partial charge in [-0.3, -0.25) is 14.4 Å². The maximum Gasteiger partial charge on any atom is 0.303 e. The Kier molecular flexibility index (Phi) is 5.71. The lowest BCUT2D eigenvalue weighted by Crippen LogP contribution is -2.31. The molecule has 3 N–H and O–H groups in total. The van der Waals surface area contributed by atoms with Crippen LogP contribution in [0.3, 0.4) is 0 Å². The average molecular weight is 278 g/mol. The molecule has 2 amide bonds. The lowest BCUT2D eigenvalue weighted by atomic mass is 10.1. The summed E-state index contributed by atoms with van der Waals surface area (Å²) in [5.74, 6) is -1.75. The van der Waals surface area contributed by atoms with Crippen molar-refractivity contribution in [2.24, 2.45) is 0 Å². The SMILES string of the molecule is CC(C)NC(=O)c1ccccc1NC(=O)CCC(=O)O. The summed E-state index contributed by atoms with van der Waals surface area (Å²) in [6.07, 6.45) is -0.373. The first-order valence-electron chi connectivity index (χ1n) is 6.31. The first kappa shape index (κ1) is 15.7. The number of amides is 2. The minimum Gasteiger partial charge on any atom is -0.481 e. The van der Waals surface area contributed by atoms with Gasteiger partial charge < -0.3 is 15.7 Å². The number of aliphatic carboxylic acids is 1. The molecule has 1 aromatic carbocycles. The summed E-state index contributed by atoms with van der Waals surface area (Å²) in [5, 5.41) is 13.8. The molecule has 6 heteroatoms. The summed E-state index contributed by atoms with van der Waals surface area (Å²) in [6.45, 7) is 3.68. The number of carboxylic acid groups (broad SMARTS) is 1. The van der Waals surface area contributed by atoms with Gasteiger partial charge in [0.05, 0.1) is 17.7 Å². The number of anilines is 1. The fourth-order valence-electron chi connectivity index (χ4n) is 1.56. The van der Waals surface area contributed by atoms with Crippen molar-refractivity contribution in [1.82, 2.24) is 5.32 Å². The fourth-order valence-corrected chi connectivity index (χ4v) is 1.56. The zero-order chi connectivity index (χ0) is 15.1. The van der Waals surface area contributed by atoms with E-state index in [0.717, 1.165) is 0 Å². The summed E-state index contributed by atoms with van der Waals surface area (Å²) in [4.78, 5) is 34.0. The van der Waals surface area contributed by atoms with E-state index in [-0.39, 0.29) is 24.8 Å². The van der Waals surface area contributed by atoms with Gasteiger partial charge in [0.2, 0.25) is 5.91 Å². The minimum absolute atomic E-state index is 0.0155. The van der Waals surface area contributed by atoms with Crippen molar-refractivity contribution < 1.29 is 19.5 Å². The van der Waals surface area contributed by atoms with E-state index in [0.29, 0.717) is 11.3 Å². The van der Waals surface area contributed by atoms with Crippen molar-refractivity contribution in [2.45, 2.75) is 32.7 Å². The first-order valence-corrected chi connectivity index (χ1v) is 6.31. The van der Waals surface area contributed by atoms with Crippen molar-refractivity contribution in [3.63, 3.8) is 0 Å². The van der Waals surface area contributed by atoms with Crippen molar-refractivity contribution in [3.05, 3.63) is 29.8 Å². The molecule has 0 heterocycles. The largest absolute Gasteiger partial charge is 0.481 e. The highest BCUT2D eigenvalue weighted by atomic mass is 16.4. The van der Waals surface area contributed by atoms with Crippen LogP contribution in [0.2, 0.25) is 0 Å². The van der Waals surface area contributed by atoms with Crippen molar-refractivity contribution in [3.8, 4) is 0 Å². The van der Waals surface area contributed by atoms with Gasteiger partial charge in [-0.2, -0.15) is 0 Å². The molecule has 0 aliphatic rings. The average Bonchev–Trinajstić information content (AvgIpc) is 2.36. The lowest BCUT2D eigenvalue weighted by molar-refractivity contribution is -0.138. The third-order valence-corrected chi connectivity index (χ3v) is 2.43. The van der Waals surface area contributed by atoms with E-state index in [1.807, 2.05) is 13.8 Å². The quantitative estimate of drug-likeness (QED) is 0.737. The monoisotopic (exact) mass is 278 g/mol. The van der Waals surface area contributed by atoms with Gasteiger partial charge in [-0.15, -0.1) is 0 Å². The molecule has 0 saturated heterocycles. The second kappa shape index (κ2) is 7.28. The molecule has 20 heavy (non-hydrogen) atoms. The maximum absolute atomic E-state index is 12.0. The summed E-state index contributed by atoms with van der Waals surface area (Å²) < 4.78 is 0. The third-order valence-electron chi connectivity index (χ3n) is 2.43. The highest BCUT2D eigenvalue weighted by Gasteiger charge is 2.14. The Morgan fingerprint density at radius 3 is 2.40 bits per heavy atom. The number of hydrogen-bond donors (Lipinski definition) is 3. The van der Waals surface area contributed by atoms with Crippen LogP contribution in [0.15, 0.2) is 24.3 Å². The molecule has 1 aromatic rings. The Labute approximate surface area is 117 Å². The highest BCUT2D eigenvalue weighted by molar-refractivity contribution is 6.04. The number of carbonyl (C=O) groups excluding carboxylic acids is 2. The number of para-hydroxylation sites is 1. The second-order valence-corrected chi connectivity index (χ2v) is 4.62. The van der Waals surface area contributed by atoms with Crippen LogP contribution < -0.4 is 10.6 Å². The predicted molar refractivity (Wildman–Crippen MR) is 74.5 cm³/mol. The smallest absolute Gasteiger partial charge is 0.303 e. The Hall–Kier alpha value is -2.37. The standard InChI is InChI=1S/C14H18N2O4/c1-9(2)15-14(20)10-5-3-4-6-11(10)16-12(17)7-8-13(18)19/h3-6,9H,7-8H2,1-2H3,(H,15,20)(H,16,17)(H,18,19). The molecule has 0 atom stereocenters. The molecule has 0 spiro atoms. The summed E-state index contributed by atoms with van der Waals surface area (Å²) in [7, 11) is 0. The predicted octanol–water partition coefficient (Wildman–Crippen LogP) is 1.63. The Balaban J connectivity index is 2.77. The molecule has 108 valence electrons. The van der Waals surface area contributed by atoms with E-state index in [4.69, 9.17) is 5.11 Å². The van der Waals surface area contributed by atoms with E-state index in [2.05, 4.69) is 10.6 Å². The van der Waals surface area contributed by atoms with Crippen LogP contribution in [0.5, 0.6) is 0 Å². The molecular formula is C14H18N2O4. The number of hydrogen-bond acceptors (Lipinski definition) is 3. The van der Waals surface area contributed by atoms with E-state index in [1.54, 1.807) is 24.3 Å². The number of nitrogens with one attached hydrogen (secondary N) is 2. The summed E-state index contributed by atoms with van der Waals surface area (Å²) in [5.41, 5.74) is 0.728. The van der Waals surface area contributed by atoms with Gasteiger partial charge in [-0.05, 0) is 26.0 Å². The normalized spacial score (nSPS) is 10.2. The Bertz CT molecular complexity index is 512. The van der Waals surface area contributed by atoms with Crippen LogP contribution in [-0.4, -0.2) is 28.9 Å². The molecule has 0 aliphatic carbocycles. The third kappa shape index (κ3) is 5.09. The van der Waals surface area contributed by atoms with Gasteiger partial charge in [0.25, 0.3) is 5.91 Å². The van der Waals surface area contributed by atoms with Gasteiger partial charge in [-0.25, -0.2) is 0 Å². The van der Waals surface area contributed by atoms with Gasteiger partial charge in [-0.1, -0.05) is 12.1 Å². The number of benzene rings is 1. The van der Waals surface area contributed by atoms with Crippen LogP contribution in [-0.2, 0) is 9.59 Å². The Morgan fingerprint density at radius 2 is 1.80 bits per heavy atom. The van der Waals surface area contributed by atoms with Crippen LogP contribution in [0.1, 0.15) is 37.0 Å². The van der Waals surface area contributed by atoms with Crippen LogP contribution in [0.4, 0.5) is 5.69 Å². The molecule has 0 bridgehead atoms. The second-order valence-electron chi connectivity index (χ2n) is 4.62. The minimum atomic E-state index is -1.04. The Morgan fingerprint density at radius 1 is 1.15 bits per heavy atom. The van der Waals surface area contributed by atoms with Gasteiger partial charge in [0.15, 0.2) is 0 Å². The molecular weight excluding hydrogens is 260 g/mol. The zero-order valence-corrected chi connectivity index (χ0v) is 11.5. The van der Waals surface area contributed by atoms with E-state index < -0.39 is 11.9 Å². The zero-order valence-electron chi connectivity index (χ0n) is 11.5. The molecule has 0 saturated carbocycles. The van der Waals surface area contributed by atoms with Crippen molar-refractivity contribution in [2.75, 3.05) is 5.32 Å².